The fourth-order valence-electron chi connectivity index (χ4n) is 4.13. The molecule has 0 spiro atoms. The van der Waals surface area contributed by atoms with E-state index in [0.717, 1.165) is 50.9 Å². The molecule has 1 aromatic carbocycles. The van der Waals surface area contributed by atoms with Crippen molar-refractivity contribution < 1.29 is 9.18 Å². The summed E-state index contributed by atoms with van der Waals surface area (Å²) >= 11 is 0. The molecular formula is C21H27FN4O. The summed E-state index contributed by atoms with van der Waals surface area (Å²) in [6.07, 6.45) is 9.24. The molecule has 1 aliphatic carbocycles. The number of hydrogen-bond acceptors (Lipinski definition) is 2. The van der Waals surface area contributed by atoms with Crippen LogP contribution < -0.4 is 5.32 Å². The Bertz CT molecular complexity index is 734. The van der Waals surface area contributed by atoms with Crippen molar-refractivity contribution in [3.8, 4) is 0 Å². The third kappa shape index (κ3) is 4.31. The minimum atomic E-state index is -0.239. The van der Waals surface area contributed by atoms with E-state index in [1.165, 1.54) is 18.6 Å². The van der Waals surface area contributed by atoms with Crippen LogP contribution in [0.2, 0.25) is 0 Å². The first-order valence-electron chi connectivity index (χ1n) is 9.97. The molecule has 144 valence electrons. The fourth-order valence-corrected chi connectivity index (χ4v) is 4.13. The zero-order valence-corrected chi connectivity index (χ0v) is 15.6. The first-order chi connectivity index (χ1) is 13.2. The van der Waals surface area contributed by atoms with Crippen LogP contribution in [0.5, 0.6) is 0 Å². The van der Waals surface area contributed by atoms with Gasteiger partial charge in [0.1, 0.15) is 5.82 Å². The molecule has 2 aliphatic rings. The van der Waals surface area contributed by atoms with Gasteiger partial charge in [-0.05, 0) is 61.3 Å². The number of halogens is 1. The van der Waals surface area contributed by atoms with E-state index in [9.17, 15) is 9.18 Å². The Kier molecular flexibility index (Phi) is 5.41. The average molecular weight is 370 g/mol. The quantitative estimate of drug-likeness (QED) is 0.865. The summed E-state index contributed by atoms with van der Waals surface area (Å²) < 4.78 is 15.2. The second kappa shape index (κ2) is 8.11. The van der Waals surface area contributed by atoms with Gasteiger partial charge >= 0.3 is 6.03 Å². The second-order valence-corrected chi connectivity index (χ2v) is 7.83. The van der Waals surface area contributed by atoms with Gasteiger partial charge in [0.15, 0.2) is 0 Å². The van der Waals surface area contributed by atoms with E-state index in [1.54, 1.807) is 18.3 Å². The van der Waals surface area contributed by atoms with Crippen molar-refractivity contribution in [2.45, 2.75) is 44.7 Å². The van der Waals surface area contributed by atoms with Crippen LogP contribution in [0.25, 0.3) is 0 Å². The molecule has 1 N–H and O–H groups in total. The van der Waals surface area contributed by atoms with Crippen LogP contribution in [0.1, 0.15) is 43.7 Å². The maximum absolute atomic E-state index is 13.3. The lowest BCUT2D eigenvalue weighted by Crippen LogP contribution is -2.47. The normalized spacial score (nSPS) is 19.5. The van der Waals surface area contributed by atoms with E-state index in [4.69, 9.17) is 0 Å². The molecule has 2 aromatic rings. The summed E-state index contributed by atoms with van der Waals surface area (Å²) in [5.74, 6) is 0.780. The van der Waals surface area contributed by atoms with Gasteiger partial charge in [-0.15, -0.1) is 0 Å². The van der Waals surface area contributed by atoms with Crippen molar-refractivity contribution in [1.82, 2.24) is 20.0 Å². The van der Waals surface area contributed by atoms with Gasteiger partial charge in [-0.3, -0.25) is 4.68 Å². The Balaban J connectivity index is 1.33. The molecular weight excluding hydrogens is 343 g/mol. The number of nitrogens with one attached hydrogen (secondary N) is 1. The zero-order valence-electron chi connectivity index (χ0n) is 15.6. The van der Waals surface area contributed by atoms with Gasteiger partial charge in [0.25, 0.3) is 0 Å². The van der Waals surface area contributed by atoms with Crippen LogP contribution in [0, 0.1) is 17.7 Å². The SMILES string of the molecule is O=C(NC(c1ccc(F)cc1)C1CCC1)N1CCC(Cn2cccn2)CC1. The molecule has 0 radical (unpaired) electrons. The first-order valence-corrected chi connectivity index (χ1v) is 9.97. The number of carbonyl (C=O) groups excluding carboxylic acids is 1. The molecule has 2 fully saturated rings. The van der Waals surface area contributed by atoms with Crippen molar-refractivity contribution in [2.24, 2.45) is 11.8 Å². The molecule has 27 heavy (non-hydrogen) atoms. The van der Waals surface area contributed by atoms with Crippen LogP contribution in [-0.4, -0.2) is 33.8 Å². The van der Waals surface area contributed by atoms with E-state index in [-0.39, 0.29) is 17.9 Å². The number of amides is 2. The summed E-state index contributed by atoms with van der Waals surface area (Å²) in [5, 5.41) is 7.51. The van der Waals surface area contributed by atoms with Crippen LogP contribution in [0.4, 0.5) is 9.18 Å². The highest BCUT2D eigenvalue weighted by Crippen LogP contribution is 2.38. The topological polar surface area (TPSA) is 50.2 Å². The number of nitrogens with zero attached hydrogens (tertiary/aromatic N) is 3. The highest BCUT2D eigenvalue weighted by Gasteiger charge is 2.32. The summed E-state index contributed by atoms with van der Waals surface area (Å²) in [6, 6.07) is 8.49. The molecule has 0 bridgehead atoms. The van der Waals surface area contributed by atoms with Crippen LogP contribution in [0.15, 0.2) is 42.7 Å². The molecule has 1 saturated carbocycles. The van der Waals surface area contributed by atoms with Crippen molar-refractivity contribution in [3.63, 3.8) is 0 Å². The number of piperidine rings is 1. The van der Waals surface area contributed by atoms with Crippen LogP contribution >= 0.6 is 0 Å². The van der Waals surface area contributed by atoms with E-state index in [0.29, 0.717) is 11.8 Å². The Morgan fingerprint density at radius 2 is 1.93 bits per heavy atom. The number of aromatic nitrogens is 2. The number of benzene rings is 1. The van der Waals surface area contributed by atoms with E-state index >= 15 is 0 Å². The Hall–Kier alpha value is -2.37. The van der Waals surface area contributed by atoms with Gasteiger partial charge in [-0.25, -0.2) is 9.18 Å². The van der Waals surface area contributed by atoms with E-state index < -0.39 is 0 Å². The lowest BCUT2D eigenvalue weighted by Gasteiger charge is -2.38. The number of rotatable bonds is 5. The molecule has 2 heterocycles. The molecule has 1 atom stereocenters. The van der Waals surface area contributed by atoms with Gasteiger partial charge in [-0.1, -0.05) is 18.6 Å². The van der Waals surface area contributed by atoms with Gasteiger partial charge in [0.05, 0.1) is 6.04 Å². The first kappa shape index (κ1) is 18.0. The summed E-state index contributed by atoms with van der Waals surface area (Å²) in [7, 11) is 0. The number of urea groups is 1. The smallest absolute Gasteiger partial charge is 0.317 e. The highest BCUT2D eigenvalue weighted by molar-refractivity contribution is 5.75. The molecule has 6 heteroatoms. The monoisotopic (exact) mass is 370 g/mol. The van der Waals surface area contributed by atoms with Crippen LogP contribution in [0.3, 0.4) is 0 Å². The lowest BCUT2D eigenvalue weighted by molar-refractivity contribution is 0.150. The van der Waals surface area contributed by atoms with E-state index in [2.05, 4.69) is 10.4 Å². The fraction of sp³-hybridized carbons (Fsp3) is 0.524. The predicted molar refractivity (Wildman–Crippen MR) is 102 cm³/mol. The maximum Gasteiger partial charge on any atom is 0.317 e. The van der Waals surface area contributed by atoms with Crippen LogP contribution in [-0.2, 0) is 6.54 Å². The Morgan fingerprint density at radius 3 is 2.52 bits per heavy atom. The van der Waals surface area contributed by atoms with Gasteiger partial charge in [0.2, 0.25) is 0 Å². The Labute approximate surface area is 159 Å². The molecule has 4 rings (SSSR count). The minimum Gasteiger partial charge on any atom is -0.331 e. The summed E-state index contributed by atoms with van der Waals surface area (Å²) in [5.41, 5.74) is 1.00. The third-order valence-corrected chi connectivity index (χ3v) is 6.04. The Morgan fingerprint density at radius 1 is 1.19 bits per heavy atom. The molecule has 2 amide bonds. The van der Waals surface area contributed by atoms with Crippen molar-refractivity contribution >= 4 is 6.03 Å². The molecule has 1 unspecified atom stereocenters. The van der Waals surface area contributed by atoms with Crippen molar-refractivity contribution in [3.05, 3.63) is 54.1 Å². The zero-order chi connectivity index (χ0) is 18.6. The minimum absolute atomic E-state index is 0.00811. The average Bonchev–Trinajstić information content (AvgIpc) is 3.14. The number of hydrogen-bond donors (Lipinski definition) is 1. The maximum atomic E-state index is 13.3. The van der Waals surface area contributed by atoms with Crippen molar-refractivity contribution in [2.75, 3.05) is 13.1 Å². The standard InChI is InChI=1S/C21H27FN4O/c22-19-7-5-18(6-8-19)20(17-3-1-4-17)24-21(27)25-13-9-16(10-14-25)15-26-12-2-11-23-26/h2,5-8,11-12,16-17,20H,1,3-4,9-10,13-15H2,(H,24,27). The lowest BCUT2D eigenvalue weighted by atomic mass is 9.77. The van der Waals surface area contributed by atoms with Crippen molar-refractivity contribution in [1.29, 1.82) is 0 Å². The molecule has 1 aromatic heterocycles. The number of likely N-dealkylation sites (tertiary alicyclic amines) is 1. The van der Waals surface area contributed by atoms with Gasteiger partial charge in [0, 0.05) is 32.0 Å². The van der Waals surface area contributed by atoms with Gasteiger partial charge < -0.3 is 10.2 Å². The third-order valence-electron chi connectivity index (χ3n) is 6.04. The number of carbonyl (C=O) groups is 1. The molecule has 5 nitrogen and oxygen atoms in total. The van der Waals surface area contributed by atoms with Gasteiger partial charge in [-0.2, -0.15) is 5.10 Å². The largest absolute Gasteiger partial charge is 0.331 e. The summed E-state index contributed by atoms with van der Waals surface area (Å²) in [6.45, 7) is 2.47. The predicted octanol–water partition coefficient (Wildman–Crippen LogP) is 3.99. The molecule has 1 aliphatic heterocycles. The summed E-state index contributed by atoms with van der Waals surface area (Å²) in [4.78, 5) is 14.8. The highest BCUT2D eigenvalue weighted by atomic mass is 19.1. The second-order valence-electron chi connectivity index (χ2n) is 7.83. The van der Waals surface area contributed by atoms with E-state index in [1.807, 2.05) is 21.8 Å². The molecule has 1 saturated heterocycles.